The molecule has 4 nitrogen and oxygen atoms in total. The predicted octanol–water partition coefficient (Wildman–Crippen LogP) is 2.83. The second-order valence-electron chi connectivity index (χ2n) is 6.44. The number of halogens is 4. The fourth-order valence-corrected chi connectivity index (χ4v) is 3.77. The molecule has 2 fully saturated rings. The summed E-state index contributed by atoms with van der Waals surface area (Å²) in [4.78, 5) is 16.3. The van der Waals surface area contributed by atoms with Gasteiger partial charge in [0.15, 0.2) is 0 Å². The molecule has 3 rings (SSSR count). The first-order valence-electron chi connectivity index (χ1n) is 8.29. The maximum atomic E-state index is 13.8. The zero-order valence-corrected chi connectivity index (χ0v) is 15.6. The van der Waals surface area contributed by atoms with Gasteiger partial charge in [-0.15, -0.1) is 24.8 Å². The Morgan fingerprint density at radius 2 is 1.80 bits per heavy atom. The van der Waals surface area contributed by atoms with Gasteiger partial charge in [-0.05, 0) is 37.4 Å². The SMILES string of the molecule is Cl.Cl.NC[C@H]1CCC[C@H]1C(=O)N1CCN(c2cc(F)ccc2F)CC1. The van der Waals surface area contributed by atoms with Gasteiger partial charge in [-0.1, -0.05) is 6.42 Å². The number of nitrogens with two attached hydrogens (primary N) is 1. The van der Waals surface area contributed by atoms with Crippen LogP contribution in [0.2, 0.25) is 0 Å². The van der Waals surface area contributed by atoms with E-state index >= 15 is 0 Å². The number of nitrogens with zero attached hydrogens (tertiary/aromatic N) is 2. The van der Waals surface area contributed by atoms with Crippen LogP contribution in [0.4, 0.5) is 14.5 Å². The molecule has 1 aliphatic carbocycles. The number of hydrogen-bond acceptors (Lipinski definition) is 3. The molecule has 1 aliphatic heterocycles. The minimum Gasteiger partial charge on any atom is -0.366 e. The van der Waals surface area contributed by atoms with Crippen molar-refractivity contribution in [1.82, 2.24) is 4.90 Å². The van der Waals surface area contributed by atoms with Crippen molar-refractivity contribution >= 4 is 36.4 Å². The van der Waals surface area contributed by atoms with E-state index in [1.807, 2.05) is 4.90 Å². The zero-order valence-electron chi connectivity index (χ0n) is 14.0. The normalized spacial score (nSPS) is 23.0. The van der Waals surface area contributed by atoms with E-state index in [-0.39, 0.29) is 42.3 Å². The van der Waals surface area contributed by atoms with Crippen LogP contribution in [0.15, 0.2) is 18.2 Å². The lowest BCUT2D eigenvalue weighted by atomic mass is 9.94. The highest BCUT2D eigenvalue weighted by Crippen LogP contribution is 2.33. The number of amides is 1. The molecule has 0 bridgehead atoms. The van der Waals surface area contributed by atoms with Crippen molar-refractivity contribution in [3.63, 3.8) is 0 Å². The molecular weight excluding hydrogens is 371 g/mol. The van der Waals surface area contributed by atoms with E-state index in [1.54, 1.807) is 4.90 Å². The van der Waals surface area contributed by atoms with Crippen molar-refractivity contribution in [2.75, 3.05) is 37.6 Å². The number of anilines is 1. The van der Waals surface area contributed by atoms with Crippen LogP contribution in [-0.4, -0.2) is 43.5 Å². The Bertz CT molecular complexity index is 583. The maximum absolute atomic E-state index is 13.8. The Labute approximate surface area is 159 Å². The van der Waals surface area contributed by atoms with Gasteiger partial charge in [-0.2, -0.15) is 0 Å². The van der Waals surface area contributed by atoms with E-state index in [9.17, 15) is 13.6 Å². The van der Waals surface area contributed by atoms with E-state index in [2.05, 4.69) is 0 Å². The first-order valence-corrected chi connectivity index (χ1v) is 8.29. The van der Waals surface area contributed by atoms with Gasteiger partial charge < -0.3 is 15.5 Å². The van der Waals surface area contributed by atoms with Crippen molar-refractivity contribution in [3.8, 4) is 0 Å². The zero-order chi connectivity index (χ0) is 16.4. The molecule has 2 atom stereocenters. The molecule has 0 spiro atoms. The van der Waals surface area contributed by atoms with Crippen molar-refractivity contribution in [2.45, 2.75) is 19.3 Å². The molecular formula is C17H25Cl2F2N3O. The number of hydrogen-bond donors (Lipinski definition) is 1. The fraction of sp³-hybridized carbons (Fsp3) is 0.588. The molecule has 1 saturated heterocycles. The minimum atomic E-state index is -0.448. The van der Waals surface area contributed by atoms with Crippen LogP contribution in [0.25, 0.3) is 0 Å². The standard InChI is InChI=1S/C17H23F2N3O.2ClH/c18-13-4-5-15(19)16(10-13)21-6-8-22(9-7-21)17(23)14-3-1-2-12(14)11-20;;/h4-5,10,12,14H,1-3,6-9,11,20H2;2*1H/t12-,14-;;/m1../s1. The molecule has 2 aliphatic rings. The van der Waals surface area contributed by atoms with Crippen LogP contribution in [0.1, 0.15) is 19.3 Å². The monoisotopic (exact) mass is 395 g/mol. The molecule has 1 saturated carbocycles. The summed E-state index contributed by atoms with van der Waals surface area (Å²) in [6, 6.07) is 3.48. The first kappa shape index (κ1) is 21.9. The van der Waals surface area contributed by atoms with Crippen LogP contribution < -0.4 is 10.6 Å². The van der Waals surface area contributed by atoms with E-state index < -0.39 is 11.6 Å². The third-order valence-corrected chi connectivity index (χ3v) is 5.12. The molecule has 0 radical (unpaired) electrons. The Balaban J connectivity index is 0.00000156. The lowest BCUT2D eigenvalue weighted by Gasteiger charge is -2.38. The van der Waals surface area contributed by atoms with Gasteiger partial charge in [0.05, 0.1) is 5.69 Å². The van der Waals surface area contributed by atoms with Gasteiger partial charge in [0.25, 0.3) is 0 Å². The topological polar surface area (TPSA) is 49.6 Å². The van der Waals surface area contributed by atoms with Crippen molar-refractivity contribution < 1.29 is 13.6 Å². The summed E-state index contributed by atoms with van der Waals surface area (Å²) in [7, 11) is 0. The molecule has 1 aromatic rings. The van der Waals surface area contributed by atoms with Gasteiger partial charge in [-0.3, -0.25) is 4.79 Å². The second-order valence-corrected chi connectivity index (χ2v) is 6.44. The van der Waals surface area contributed by atoms with Gasteiger partial charge in [-0.25, -0.2) is 8.78 Å². The first-order chi connectivity index (χ1) is 11.1. The van der Waals surface area contributed by atoms with E-state index in [4.69, 9.17) is 5.73 Å². The lowest BCUT2D eigenvalue weighted by molar-refractivity contribution is -0.136. The molecule has 2 N–H and O–H groups in total. The molecule has 1 aromatic carbocycles. The van der Waals surface area contributed by atoms with E-state index in [0.29, 0.717) is 38.6 Å². The van der Waals surface area contributed by atoms with Crippen LogP contribution >= 0.6 is 24.8 Å². The Kier molecular flexibility index (Phi) is 8.38. The predicted molar refractivity (Wildman–Crippen MR) is 99.5 cm³/mol. The highest BCUT2D eigenvalue weighted by Gasteiger charge is 2.35. The summed E-state index contributed by atoms with van der Waals surface area (Å²) in [5, 5.41) is 0. The molecule has 0 aromatic heterocycles. The van der Waals surface area contributed by atoms with Gasteiger partial charge in [0.1, 0.15) is 11.6 Å². The van der Waals surface area contributed by atoms with Crippen molar-refractivity contribution in [3.05, 3.63) is 29.8 Å². The Morgan fingerprint density at radius 1 is 1.12 bits per heavy atom. The number of benzene rings is 1. The summed E-state index contributed by atoms with van der Waals surface area (Å²) in [5.74, 6) is -0.363. The van der Waals surface area contributed by atoms with E-state index in [1.165, 1.54) is 6.07 Å². The molecule has 8 heteroatoms. The largest absolute Gasteiger partial charge is 0.366 e. The summed E-state index contributed by atoms with van der Waals surface area (Å²) in [6.45, 7) is 2.69. The fourth-order valence-electron chi connectivity index (χ4n) is 3.77. The smallest absolute Gasteiger partial charge is 0.226 e. The average Bonchev–Trinajstić information content (AvgIpc) is 3.05. The van der Waals surface area contributed by atoms with Crippen LogP contribution in [0.3, 0.4) is 0 Å². The van der Waals surface area contributed by atoms with Gasteiger partial charge in [0, 0.05) is 38.2 Å². The number of piperazine rings is 1. The third-order valence-electron chi connectivity index (χ3n) is 5.12. The second kappa shape index (κ2) is 9.55. The quantitative estimate of drug-likeness (QED) is 0.855. The molecule has 1 heterocycles. The summed E-state index contributed by atoms with van der Waals surface area (Å²) in [5.41, 5.74) is 6.04. The minimum absolute atomic E-state index is 0. The van der Waals surface area contributed by atoms with Crippen LogP contribution in [0.5, 0.6) is 0 Å². The maximum Gasteiger partial charge on any atom is 0.226 e. The molecule has 1 amide bonds. The number of rotatable bonds is 3. The molecule has 142 valence electrons. The summed E-state index contributed by atoms with van der Waals surface area (Å²) >= 11 is 0. The highest BCUT2D eigenvalue weighted by molar-refractivity contribution is 5.85. The van der Waals surface area contributed by atoms with Crippen molar-refractivity contribution in [2.24, 2.45) is 17.6 Å². The Hall–Kier alpha value is -1.11. The van der Waals surface area contributed by atoms with Gasteiger partial charge in [0.2, 0.25) is 5.91 Å². The Morgan fingerprint density at radius 3 is 2.44 bits per heavy atom. The van der Waals surface area contributed by atoms with Gasteiger partial charge >= 0.3 is 0 Å². The average molecular weight is 396 g/mol. The lowest BCUT2D eigenvalue weighted by Crippen LogP contribution is -2.51. The number of carbonyl (C=O) groups is 1. The van der Waals surface area contributed by atoms with E-state index in [0.717, 1.165) is 31.4 Å². The third kappa shape index (κ3) is 4.74. The summed E-state index contributed by atoms with van der Waals surface area (Å²) in [6.07, 6.45) is 3.01. The highest BCUT2D eigenvalue weighted by atomic mass is 35.5. The molecule has 25 heavy (non-hydrogen) atoms. The summed E-state index contributed by atoms with van der Waals surface area (Å²) < 4.78 is 27.2. The van der Waals surface area contributed by atoms with Crippen LogP contribution in [0, 0.1) is 23.5 Å². The molecule has 0 unspecified atom stereocenters. The van der Waals surface area contributed by atoms with Crippen LogP contribution in [-0.2, 0) is 4.79 Å². The van der Waals surface area contributed by atoms with Crippen molar-refractivity contribution in [1.29, 1.82) is 0 Å². The number of carbonyl (C=O) groups excluding carboxylic acids is 1.